The Morgan fingerprint density at radius 1 is 0.907 bits per heavy atom. The molecule has 0 aromatic carbocycles. The van der Waals surface area contributed by atoms with Crippen LogP contribution in [0.3, 0.4) is 0 Å². The molecule has 0 radical (unpaired) electrons. The van der Waals surface area contributed by atoms with Crippen LogP contribution in [-0.2, 0) is 23.8 Å². The van der Waals surface area contributed by atoms with Crippen LogP contribution in [0.2, 0.25) is 0 Å². The molecule has 0 saturated carbocycles. The van der Waals surface area contributed by atoms with Crippen LogP contribution in [0.15, 0.2) is 16.8 Å². The summed E-state index contributed by atoms with van der Waals surface area (Å²) in [5, 5.41) is 32.3. The first-order chi connectivity index (χ1) is 20.7. The summed E-state index contributed by atoms with van der Waals surface area (Å²) < 4.78 is 16.6. The molecule has 12 nitrogen and oxygen atoms in total. The highest BCUT2D eigenvalue weighted by Gasteiger charge is 2.44. The molecule has 0 unspecified atom stereocenters. The molecule has 1 aliphatic heterocycles. The number of rotatable bonds is 25. The predicted octanol–water partition coefficient (Wildman–Crippen LogP) is 2.56. The van der Waals surface area contributed by atoms with E-state index in [1.54, 1.807) is 0 Å². The van der Waals surface area contributed by atoms with Gasteiger partial charge in [-0.15, -0.1) is 0 Å². The second kappa shape index (κ2) is 24.0. The Labute approximate surface area is 257 Å². The molecule has 8 N–H and O–H groups in total. The molecule has 250 valence electrons. The summed E-state index contributed by atoms with van der Waals surface area (Å²) in [5.74, 6) is -1.90. The lowest BCUT2D eigenvalue weighted by atomic mass is 9.92. The van der Waals surface area contributed by atoms with Crippen molar-refractivity contribution in [3.8, 4) is 0 Å². The average molecular weight is 615 g/mol. The van der Waals surface area contributed by atoms with E-state index < -0.39 is 48.9 Å². The number of ether oxygens (including phenoxy) is 3. The van der Waals surface area contributed by atoms with E-state index in [4.69, 9.17) is 25.7 Å². The van der Waals surface area contributed by atoms with E-state index in [-0.39, 0.29) is 18.3 Å². The van der Waals surface area contributed by atoms with Gasteiger partial charge in [0.25, 0.3) is 0 Å². The molecule has 1 heterocycles. The van der Waals surface area contributed by atoms with Gasteiger partial charge in [0.05, 0.1) is 25.3 Å². The number of nitrogens with zero attached hydrogens (tertiary/aromatic N) is 1. The van der Waals surface area contributed by atoms with E-state index in [2.05, 4.69) is 17.2 Å². The fourth-order valence-electron chi connectivity index (χ4n) is 5.03. The van der Waals surface area contributed by atoms with Crippen LogP contribution in [0.4, 0.5) is 0 Å². The molecule has 0 aromatic heterocycles. The Bertz CT molecular complexity index is 822. The molecular formula is C31H58N4O8. The van der Waals surface area contributed by atoms with Crippen LogP contribution >= 0.6 is 0 Å². The number of nitrogens with two attached hydrogens (primary N) is 2. The highest BCUT2D eigenvalue weighted by molar-refractivity contribution is 5.87. The van der Waals surface area contributed by atoms with E-state index in [1.807, 2.05) is 0 Å². The molecule has 1 amide bonds. The Morgan fingerprint density at radius 2 is 1.44 bits per heavy atom. The van der Waals surface area contributed by atoms with Crippen molar-refractivity contribution in [1.82, 2.24) is 5.32 Å². The minimum Gasteiger partial charge on any atom is -0.478 e. The van der Waals surface area contributed by atoms with E-state index in [1.165, 1.54) is 90.0 Å². The van der Waals surface area contributed by atoms with Gasteiger partial charge in [-0.05, 0) is 12.5 Å². The van der Waals surface area contributed by atoms with Crippen molar-refractivity contribution in [2.45, 2.75) is 141 Å². The molecule has 43 heavy (non-hydrogen) atoms. The molecule has 1 rings (SSSR count). The molecule has 0 aromatic rings. The molecule has 0 spiro atoms. The minimum atomic E-state index is -1.67. The van der Waals surface area contributed by atoms with Gasteiger partial charge in [0, 0.05) is 26.6 Å². The molecule has 5 atom stereocenters. The van der Waals surface area contributed by atoms with Gasteiger partial charge in [-0.25, -0.2) is 9.79 Å². The molecule has 0 bridgehead atoms. The van der Waals surface area contributed by atoms with E-state index in [9.17, 15) is 24.9 Å². The van der Waals surface area contributed by atoms with E-state index in [0.29, 0.717) is 19.6 Å². The van der Waals surface area contributed by atoms with Crippen LogP contribution in [0.1, 0.15) is 110 Å². The number of carbonyl (C=O) groups excluding carboxylic acids is 2. The van der Waals surface area contributed by atoms with Crippen molar-refractivity contribution in [3.05, 3.63) is 11.8 Å². The Balaban J connectivity index is 2.29. The van der Waals surface area contributed by atoms with Crippen molar-refractivity contribution < 1.29 is 39.1 Å². The van der Waals surface area contributed by atoms with Gasteiger partial charge < -0.3 is 46.3 Å². The smallest absolute Gasteiger partial charge is 0.373 e. The van der Waals surface area contributed by atoms with Crippen molar-refractivity contribution in [2.75, 3.05) is 26.4 Å². The summed E-state index contributed by atoms with van der Waals surface area (Å²) >= 11 is 0. The molecule has 0 fully saturated rings. The number of guanidine groups is 1. The normalized spacial score (nSPS) is 19.6. The number of aliphatic hydroxyl groups excluding tert-OH is 3. The average Bonchev–Trinajstić information content (AvgIpc) is 2.97. The maximum Gasteiger partial charge on any atom is 0.373 e. The summed E-state index contributed by atoms with van der Waals surface area (Å²) in [6.45, 7) is 3.91. The molecule has 0 aliphatic carbocycles. The maximum atomic E-state index is 12.7. The van der Waals surface area contributed by atoms with Gasteiger partial charge >= 0.3 is 5.97 Å². The third kappa shape index (κ3) is 17.5. The first-order valence-electron chi connectivity index (χ1n) is 16.2. The lowest BCUT2D eigenvalue weighted by molar-refractivity contribution is -0.151. The number of esters is 1. The lowest BCUT2D eigenvalue weighted by Gasteiger charge is -2.38. The zero-order valence-corrected chi connectivity index (χ0v) is 26.4. The topological polar surface area (TPSA) is 199 Å². The quantitative estimate of drug-likeness (QED) is 0.0384. The van der Waals surface area contributed by atoms with Crippen molar-refractivity contribution in [3.63, 3.8) is 0 Å². The second-order valence-electron chi connectivity index (χ2n) is 11.3. The predicted molar refractivity (Wildman–Crippen MR) is 166 cm³/mol. The van der Waals surface area contributed by atoms with Gasteiger partial charge in [0.2, 0.25) is 11.7 Å². The number of hydrogen-bond donors (Lipinski definition) is 6. The minimum absolute atomic E-state index is 0.0762. The Hall–Kier alpha value is -2.41. The van der Waals surface area contributed by atoms with Gasteiger partial charge in [-0.3, -0.25) is 4.79 Å². The first-order valence-corrected chi connectivity index (χ1v) is 16.2. The molecule has 0 saturated heterocycles. The van der Waals surface area contributed by atoms with Gasteiger partial charge in [-0.2, -0.15) is 0 Å². The van der Waals surface area contributed by atoms with Crippen LogP contribution in [0.25, 0.3) is 0 Å². The zero-order valence-electron chi connectivity index (χ0n) is 26.4. The number of amides is 1. The first kappa shape index (κ1) is 38.6. The standard InChI is InChI=1S/C31H58N4O8/c1-3-4-5-6-7-8-9-10-11-12-13-14-15-16-18-41-19-17-20-42-30(40)26-21-24(35-31(32)33)27(34-23(2)37)29(43-26)28(39)25(38)22-36/h21,24-25,27-29,36,38-39H,3-20,22H2,1-2H3,(H,34,37)(H4,32,33,35)/t24-,25+,27+,28+,29+/m0/s1. The number of aliphatic imine (C=N–C) groups is 1. The second-order valence-corrected chi connectivity index (χ2v) is 11.3. The number of nitrogens with one attached hydrogen (secondary N) is 1. The number of carbonyl (C=O) groups is 2. The third-order valence-corrected chi connectivity index (χ3v) is 7.40. The van der Waals surface area contributed by atoms with Crippen molar-refractivity contribution in [1.29, 1.82) is 0 Å². The number of unbranched alkanes of at least 4 members (excludes halogenated alkanes) is 13. The monoisotopic (exact) mass is 614 g/mol. The van der Waals surface area contributed by atoms with Crippen LogP contribution < -0.4 is 16.8 Å². The van der Waals surface area contributed by atoms with Crippen LogP contribution in [-0.4, -0.2) is 90.0 Å². The van der Waals surface area contributed by atoms with Gasteiger partial charge in [0.1, 0.15) is 18.3 Å². The SMILES string of the molecule is CCCCCCCCCCCCCCCCOCCCOC(=O)C1=C[C@H](N=C(N)N)[C@@H](NC(C)=O)[C@H]([C@H](O)[C@H](O)CO)O1. The van der Waals surface area contributed by atoms with Gasteiger partial charge in [0.15, 0.2) is 5.96 Å². The Kier molecular flexibility index (Phi) is 21.5. The highest BCUT2D eigenvalue weighted by atomic mass is 16.6. The fraction of sp³-hybridized carbons (Fsp3) is 0.839. The summed E-state index contributed by atoms with van der Waals surface area (Å²) in [5.41, 5.74) is 11.0. The van der Waals surface area contributed by atoms with Crippen LogP contribution in [0, 0.1) is 0 Å². The Morgan fingerprint density at radius 3 is 1.95 bits per heavy atom. The molecule has 1 aliphatic rings. The molecular weight excluding hydrogens is 556 g/mol. The summed E-state index contributed by atoms with van der Waals surface area (Å²) in [4.78, 5) is 28.5. The van der Waals surface area contributed by atoms with E-state index in [0.717, 1.165) is 12.8 Å². The molecule has 12 heteroatoms. The highest BCUT2D eigenvalue weighted by Crippen LogP contribution is 2.25. The van der Waals surface area contributed by atoms with E-state index >= 15 is 0 Å². The third-order valence-electron chi connectivity index (χ3n) is 7.40. The number of hydrogen-bond acceptors (Lipinski definition) is 9. The van der Waals surface area contributed by atoms with Crippen LogP contribution in [0.5, 0.6) is 0 Å². The zero-order chi connectivity index (χ0) is 31.9. The lowest BCUT2D eigenvalue weighted by Crippen LogP contribution is -2.59. The maximum absolute atomic E-state index is 12.7. The van der Waals surface area contributed by atoms with Gasteiger partial charge in [-0.1, -0.05) is 90.4 Å². The fourth-order valence-corrected chi connectivity index (χ4v) is 5.03. The summed E-state index contributed by atoms with van der Waals surface area (Å²) in [6.07, 6.45) is 15.4. The summed E-state index contributed by atoms with van der Waals surface area (Å²) in [6, 6.07) is -2.03. The van der Waals surface area contributed by atoms with Crippen molar-refractivity contribution >= 4 is 17.8 Å². The van der Waals surface area contributed by atoms with Crippen molar-refractivity contribution in [2.24, 2.45) is 16.5 Å². The number of aliphatic hydroxyl groups is 3. The largest absolute Gasteiger partial charge is 0.478 e. The summed E-state index contributed by atoms with van der Waals surface area (Å²) in [7, 11) is 0.